The molecule has 0 radical (unpaired) electrons. The first kappa shape index (κ1) is 22.3. The average Bonchev–Trinajstić information content (AvgIpc) is 2.83. The third-order valence-corrected chi connectivity index (χ3v) is 5.55. The first-order valence-electron chi connectivity index (χ1n) is 9.84. The number of methoxy groups -OCH3 is 3. The van der Waals surface area contributed by atoms with Gasteiger partial charge in [0.25, 0.3) is 0 Å². The first-order chi connectivity index (χ1) is 15.8. The molecule has 3 aromatic carbocycles. The molecule has 0 fully saturated rings. The van der Waals surface area contributed by atoms with E-state index in [0.29, 0.717) is 51.9 Å². The number of halogens is 3. The van der Waals surface area contributed by atoms with Crippen LogP contribution in [0.25, 0.3) is 0 Å². The summed E-state index contributed by atoms with van der Waals surface area (Å²) < 4.78 is 63.6. The van der Waals surface area contributed by atoms with E-state index in [1.807, 2.05) is 0 Å². The van der Waals surface area contributed by atoms with Crippen LogP contribution in [0, 0.1) is 17.5 Å². The van der Waals surface area contributed by atoms with E-state index in [1.54, 1.807) is 42.3 Å². The number of hydrogen-bond donors (Lipinski definition) is 0. The topological polar surface area (TPSA) is 57.2 Å². The van der Waals surface area contributed by atoms with Gasteiger partial charge < -0.3 is 23.8 Å². The number of nitrogens with zero attached hydrogens (tertiary/aromatic N) is 1. The summed E-state index contributed by atoms with van der Waals surface area (Å²) in [6.07, 6.45) is 0. The summed E-state index contributed by atoms with van der Waals surface area (Å²) in [5, 5.41) is 0. The summed E-state index contributed by atoms with van der Waals surface area (Å²) in [6, 6.07) is 9.59. The van der Waals surface area contributed by atoms with Gasteiger partial charge in [-0.15, -0.1) is 0 Å². The Morgan fingerprint density at radius 2 is 1.55 bits per heavy atom. The number of rotatable bonds is 5. The zero-order chi connectivity index (χ0) is 23.9. The fourth-order valence-electron chi connectivity index (χ4n) is 4.00. The maximum atomic E-state index is 14.2. The van der Waals surface area contributed by atoms with Crippen LogP contribution in [0.15, 0.2) is 42.5 Å². The van der Waals surface area contributed by atoms with Crippen molar-refractivity contribution in [1.82, 2.24) is 0 Å². The maximum absolute atomic E-state index is 14.2. The SMILES string of the molecule is COc1ccc2c(c1)N(C)c1c(OC)ccc(OC)c1C2C(=O)Oc1c(F)ccc(F)c1F. The highest BCUT2D eigenvalue weighted by atomic mass is 19.2. The van der Waals surface area contributed by atoms with Gasteiger partial charge in [0.2, 0.25) is 11.6 Å². The Labute approximate surface area is 188 Å². The average molecular weight is 459 g/mol. The summed E-state index contributed by atoms with van der Waals surface area (Å²) in [4.78, 5) is 15.2. The number of carbonyl (C=O) groups is 1. The summed E-state index contributed by atoms with van der Waals surface area (Å²) in [6.45, 7) is 0. The Hall–Kier alpha value is -3.88. The molecule has 0 spiro atoms. The molecule has 4 rings (SSSR count). The molecule has 9 heteroatoms. The molecule has 33 heavy (non-hydrogen) atoms. The molecule has 3 aromatic rings. The van der Waals surface area contributed by atoms with E-state index in [-0.39, 0.29) is 0 Å². The van der Waals surface area contributed by atoms with Crippen LogP contribution in [0.1, 0.15) is 17.0 Å². The van der Waals surface area contributed by atoms with Gasteiger partial charge in [-0.25, -0.2) is 8.78 Å². The van der Waals surface area contributed by atoms with Crippen molar-refractivity contribution in [2.75, 3.05) is 33.3 Å². The molecule has 0 aromatic heterocycles. The van der Waals surface area contributed by atoms with Crippen LogP contribution in [0.5, 0.6) is 23.0 Å². The van der Waals surface area contributed by atoms with Gasteiger partial charge in [-0.1, -0.05) is 6.07 Å². The molecular weight excluding hydrogens is 439 g/mol. The highest BCUT2D eigenvalue weighted by Gasteiger charge is 2.40. The van der Waals surface area contributed by atoms with Crippen LogP contribution in [0.3, 0.4) is 0 Å². The lowest BCUT2D eigenvalue weighted by molar-refractivity contribution is -0.135. The van der Waals surface area contributed by atoms with Gasteiger partial charge in [-0.3, -0.25) is 4.79 Å². The molecular formula is C24H20F3NO5. The quantitative estimate of drug-likeness (QED) is 0.306. The third-order valence-electron chi connectivity index (χ3n) is 5.55. The fraction of sp³-hybridized carbons (Fsp3) is 0.208. The van der Waals surface area contributed by atoms with E-state index in [2.05, 4.69) is 0 Å². The molecule has 1 aliphatic rings. The van der Waals surface area contributed by atoms with E-state index in [1.165, 1.54) is 21.3 Å². The van der Waals surface area contributed by atoms with Gasteiger partial charge in [0, 0.05) is 24.4 Å². The van der Waals surface area contributed by atoms with E-state index in [9.17, 15) is 18.0 Å². The maximum Gasteiger partial charge on any atom is 0.323 e. The Balaban J connectivity index is 1.94. The molecule has 1 atom stereocenters. The monoisotopic (exact) mass is 459 g/mol. The highest BCUT2D eigenvalue weighted by Crippen LogP contribution is 2.53. The van der Waals surface area contributed by atoms with Crippen LogP contribution in [0.2, 0.25) is 0 Å². The van der Waals surface area contributed by atoms with Gasteiger partial charge in [0.05, 0.1) is 27.0 Å². The highest BCUT2D eigenvalue weighted by molar-refractivity contribution is 5.95. The van der Waals surface area contributed by atoms with Crippen LogP contribution >= 0.6 is 0 Å². The minimum atomic E-state index is -1.59. The Morgan fingerprint density at radius 1 is 0.879 bits per heavy atom. The van der Waals surface area contributed by atoms with Crippen LogP contribution in [-0.2, 0) is 4.79 Å². The number of carbonyl (C=O) groups excluding carboxylic acids is 1. The first-order valence-corrected chi connectivity index (χ1v) is 9.84. The second-order valence-corrected chi connectivity index (χ2v) is 7.24. The number of benzene rings is 3. The molecule has 0 saturated carbocycles. The molecule has 0 N–H and O–H groups in total. The number of esters is 1. The van der Waals surface area contributed by atoms with Gasteiger partial charge >= 0.3 is 5.97 Å². The van der Waals surface area contributed by atoms with Gasteiger partial charge in [-0.05, 0) is 35.9 Å². The van der Waals surface area contributed by atoms with E-state index in [4.69, 9.17) is 18.9 Å². The van der Waals surface area contributed by atoms with Crippen molar-refractivity contribution < 1.29 is 36.9 Å². The summed E-state index contributed by atoms with van der Waals surface area (Å²) >= 11 is 0. The Bertz CT molecular complexity index is 1250. The predicted octanol–water partition coefficient (Wildman–Crippen LogP) is 4.95. The molecule has 6 nitrogen and oxygen atoms in total. The smallest absolute Gasteiger partial charge is 0.323 e. The largest absolute Gasteiger partial charge is 0.497 e. The number of ether oxygens (including phenoxy) is 4. The fourth-order valence-corrected chi connectivity index (χ4v) is 4.00. The molecule has 1 unspecified atom stereocenters. The molecule has 0 saturated heterocycles. The molecule has 1 aliphatic heterocycles. The van der Waals surface area contributed by atoms with Crippen LogP contribution in [0.4, 0.5) is 24.5 Å². The number of anilines is 2. The van der Waals surface area contributed by atoms with Crippen molar-refractivity contribution in [1.29, 1.82) is 0 Å². The summed E-state index contributed by atoms with van der Waals surface area (Å²) in [5.74, 6) is -6.14. The molecule has 0 bridgehead atoms. The van der Waals surface area contributed by atoms with Crippen molar-refractivity contribution in [2.45, 2.75) is 5.92 Å². The van der Waals surface area contributed by atoms with Crippen LogP contribution in [-0.4, -0.2) is 34.3 Å². The van der Waals surface area contributed by atoms with E-state index < -0.39 is 35.1 Å². The van der Waals surface area contributed by atoms with Gasteiger partial charge in [0.15, 0.2) is 11.6 Å². The Kier molecular flexibility index (Phi) is 5.80. The van der Waals surface area contributed by atoms with Crippen molar-refractivity contribution >= 4 is 17.3 Å². The normalized spacial score (nSPS) is 14.3. The molecule has 1 heterocycles. The lowest BCUT2D eigenvalue weighted by Gasteiger charge is -2.36. The Morgan fingerprint density at radius 3 is 2.21 bits per heavy atom. The summed E-state index contributed by atoms with van der Waals surface area (Å²) in [7, 11) is 6.18. The van der Waals surface area contributed by atoms with Crippen molar-refractivity contribution in [3.05, 3.63) is 71.0 Å². The van der Waals surface area contributed by atoms with Crippen molar-refractivity contribution in [3.63, 3.8) is 0 Å². The second kappa shape index (κ2) is 8.57. The van der Waals surface area contributed by atoms with Crippen molar-refractivity contribution in [2.24, 2.45) is 0 Å². The van der Waals surface area contributed by atoms with Gasteiger partial charge in [-0.2, -0.15) is 4.39 Å². The molecule has 0 amide bonds. The van der Waals surface area contributed by atoms with E-state index in [0.717, 1.165) is 0 Å². The zero-order valence-electron chi connectivity index (χ0n) is 18.2. The second-order valence-electron chi connectivity index (χ2n) is 7.24. The van der Waals surface area contributed by atoms with Crippen molar-refractivity contribution in [3.8, 4) is 23.0 Å². The molecule has 0 aliphatic carbocycles. The number of fused-ring (bicyclic) bond motifs is 2. The lowest BCUT2D eigenvalue weighted by Crippen LogP contribution is -2.30. The van der Waals surface area contributed by atoms with Gasteiger partial charge in [0.1, 0.15) is 23.2 Å². The van der Waals surface area contributed by atoms with E-state index >= 15 is 0 Å². The standard InChI is InChI=1S/C24H20F3NO5/c1-28-16-11-12(30-2)5-6-13(16)19(20-17(31-3)9-10-18(32-4)22(20)28)24(29)33-23-15(26)8-7-14(25)21(23)27/h5-11,19H,1-4H3. The number of hydrogen-bond acceptors (Lipinski definition) is 6. The third kappa shape index (κ3) is 3.59. The van der Waals surface area contributed by atoms with Crippen LogP contribution < -0.4 is 23.8 Å². The molecule has 172 valence electrons. The predicted molar refractivity (Wildman–Crippen MR) is 114 cm³/mol. The minimum absolute atomic E-state index is 0.334. The zero-order valence-corrected chi connectivity index (χ0v) is 18.2. The lowest BCUT2D eigenvalue weighted by atomic mass is 9.84. The summed E-state index contributed by atoms with van der Waals surface area (Å²) in [5.41, 5.74) is 1.93. The minimum Gasteiger partial charge on any atom is -0.497 e.